The maximum atomic E-state index is 13.1. The van der Waals surface area contributed by atoms with E-state index in [2.05, 4.69) is 32.2 Å². The van der Waals surface area contributed by atoms with E-state index in [0.29, 0.717) is 42.0 Å². The van der Waals surface area contributed by atoms with Crippen molar-refractivity contribution < 1.29 is 14.3 Å². The van der Waals surface area contributed by atoms with Gasteiger partial charge in [0, 0.05) is 6.61 Å². The van der Waals surface area contributed by atoms with Crippen LogP contribution in [0.4, 0.5) is 5.69 Å². The van der Waals surface area contributed by atoms with Crippen molar-refractivity contribution in [3.63, 3.8) is 0 Å². The van der Waals surface area contributed by atoms with Crippen LogP contribution in [0.3, 0.4) is 0 Å². The number of nitrogens with zero attached hydrogens (tertiary/aromatic N) is 1. The molecule has 1 saturated carbocycles. The number of hydrogen-bond acceptors (Lipinski definition) is 4. The molecule has 0 aromatic heterocycles. The molecule has 148 valence electrons. The minimum Gasteiger partial charge on any atom is -0.493 e. The minimum absolute atomic E-state index is 0.144. The molecule has 0 unspecified atom stereocenters. The van der Waals surface area contributed by atoms with Crippen LogP contribution in [0.25, 0.3) is 0 Å². The lowest BCUT2D eigenvalue weighted by Crippen LogP contribution is -2.48. The molecule has 1 aliphatic carbocycles. The molecule has 2 atom stereocenters. The highest BCUT2D eigenvalue weighted by atomic mass is 16.5. The van der Waals surface area contributed by atoms with Gasteiger partial charge in [0.1, 0.15) is 17.4 Å². The van der Waals surface area contributed by atoms with Gasteiger partial charge >= 0.3 is 0 Å². The normalized spacial score (nSPS) is 22.3. The van der Waals surface area contributed by atoms with E-state index >= 15 is 0 Å². The summed E-state index contributed by atoms with van der Waals surface area (Å²) in [5.74, 6) is 1.35. The summed E-state index contributed by atoms with van der Waals surface area (Å²) in [5.41, 5.74) is 0.115. The van der Waals surface area contributed by atoms with Crippen LogP contribution in [-0.4, -0.2) is 24.7 Å². The Balaban J connectivity index is 2.17. The van der Waals surface area contributed by atoms with Crippen molar-refractivity contribution in [3.05, 3.63) is 23.8 Å². The van der Waals surface area contributed by atoms with Crippen LogP contribution < -0.4 is 10.1 Å². The highest BCUT2D eigenvalue weighted by molar-refractivity contribution is 5.98. The maximum absolute atomic E-state index is 13.1. The van der Waals surface area contributed by atoms with Gasteiger partial charge in [-0.3, -0.25) is 4.79 Å². The Hall–Kier alpha value is -2.06. The van der Waals surface area contributed by atoms with Gasteiger partial charge in [-0.15, -0.1) is 0 Å². The van der Waals surface area contributed by atoms with Gasteiger partial charge in [0.25, 0.3) is 5.91 Å². The number of anilines is 1. The van der Waals surface area contributed by atoms with E-state index in [9.17, 15) is 10.1 Å². The monoisotopic (exact) mass is 372 g/mol. The van der Waals surface area contributed by atoms with Gasteiger partial charge in [0.15, 0.2) is 0 Å². The summed E-state index contributed by atoms with van der Waals surface area (Å²) in [6, 6.07) is 7.38. The van der Waals surface area contributed by atoms with Gasteiger partial charge in [-0.2, -0.15) is 5.26 Å². The second kappa shape index (κ2) is 9.75. The molecule has 1 fully saturated rings. The van der Waals surface area contributed by atoms with Crippen molar-refractivity contribution in [3.8, 4) is 11.8 Å². The lowest BCUT2D eigenvalue weighted by molar-refractivity contribution is -0.148. The quantitative estimate of drug-likeness (QED) is 0.704. The third kappa shape index (κ3) is 5.71. The Labute approximate surface area is 163 Å². The number of ether oxygens (including phenoxy) is 2. The van der Waals surface area contributed by atoms with Crippen molar-refractivity contribution >= 4 is 11.6 Å². The van der Waals surface area contributed by atoms with E-state index in [0.717, 1.165) is 32.1 Å². The third-order valence-corrected chi connectivity index (χ3v) is 4.90. The zero-order valence-corrected chi connectivity index (χ0v) is 17.0. The lowest BCUT2D eigenvalue weighted by Gasteiger charge is -2.38. The fourth-order valence-electron chi connectivity index (χ4n) is 3.52. The number of carbonyl (C=O) groups excluding carboxylic acids is 1. The summed E-state index contributed by atoms with van der Waals surface area (Å²) in [4.78, 5) is 13.1. The average molecular weight is 373 g/mol. The Morgan fingerprint density at radius 2 is 2.22 bits per heavy atom. The molecule has 0 saturated heterocycles. The van der Waals surface area contributed by atoms with Crippen LogP contribution in [0, 0.1) is 23.2 Å². The van der Waals surface area contributed by atoms with Crippen LogP contribution >= 0.6 is 0 Å². The third-order valence-electron chi connectivity index (χ3n) is 4.90. The molecule has 27 heavy (non-hydrogen) atoms. The number of nitriles is 1. The van der Waals surface area contributed by atoms with Crippen LogP contribution in [0.15, 0.2) is 18.2 Å². The van der Waals surface area contributed by atoms with Gasteiger partial charge in [0.2, 0.25) is 0 Å². The summed E-state index contributed by atoms with van der Waals surface area (Å²) in [6.07, 6.45) is 4.41. The van der Waals surface area contributed by atoms with Crippen LogP contribution in [-0.2, 0) is 9.53 Å². The highest BCUT2D eigenvalue weighted by Crippen LogP contribution is 2.37. The van der Waals surface area contributed by atoms with Crippen LogP contribution in [0.5, 0.6) is 5.75 Å². The molecule has 1 amide bonds. The number of amides is 1. The zero-order valence-electron chi connectivity index (χ0n) is 17.0. The molecule has 0 aliphatic heterocycles. The standard InChI is InChI=1S/C22H32N2O3/c1-5-11-27-22(10-6-7-17(4)13-22)21(25)24-20-9-8-19(12-18(20)14-23)26-15-16(2)3/h8-9,12,16-17H,5-7,10-11,13,15H2,1-4H3,(H,24,25)/t17-,22+/m0/s1. The molecular formula is C22H32N2O3. The Morgan fingerprint density at radius 3 is 2.85 bits per heavy atom. The molecule has 0 radical (unpaired) electrons. The summed E-state index contributed by atoms with van der Waals surface area (Å²) in [7, 11) is 0. The van der Waals surface area contributed by atoms with E-state index < -0.39 is 5.60 Å². The summed E-state index contributed by atoms with van der Waals surface area (Å²) < 4.78 is 11.8. The van der Waals surface area contributed by atoms with Crippen LogP contribution in [0.2, 0.25) is 0 Å². The highest BCUT2D eigenvalue weighted by Gasteiger charge is 2.42. The summed E-state index contributed by atoms with van der Waals surface area (Å²) in [6.45, 7) is 9.50. The van der Waals surface area contributed by atoms with E-state index in [1.54, 1.807) is 18.2 Å². The first-order valence-corrected chi connectivity index (χ1v) is 10.0. The van der Waals surface area contributed by atoms with E-state index in [1.807, 2.05) is 6.92 Å². The Bertz CT molecular complexity index is 681. The van der Waals surface area contributed by atoms with E-state index in [1.165, 1.54) is 0 Å². The van der Waals surface area contributed by atoms with E-state index in [4.69, 9.17) is 9.47 Å². The number of nitrogens with one attached hydrogen (secondary N) is 1. The number of benzene rings is 1. The molecule has 0 heterocycles. The zero-order chi connectivity index (χ0) is 19.9. The molecule has 1 aromatic carbocycles. The molecule has 2 rings (SSSR count). The SMILES string of the molecule is CCCO[C@]1(C(=O)Nc2ccc(OCC(C)C)cc2C#N)CCC[C@H](C)C1. The number of hydrogen-bond donors (Lipinski definition) is 1. The Morgan fingerprint density at radius 1 is 1.44 bits per heavy atom. The molecular weight excluding hydrogens is 340 g/mol. The fourth-order valence-corrected chi connectivity index (χ4v) is 3.52. The van der Waals surface area contributed by atoms with Crippen molar-refractivity contribution in [1.82, 2.24) is 0 Å². The first-order chi connectivity index (χ1) is 12.9. The smallest absolute Gasteiger partial charge is 0.256 e. The predicted molar refractivity (Wildman–Crippen MR) is 107 cm³/mol. The van der Waals surface area contributed by atoms with Gasteiger partial charge < -0.3 is 14.8 Å². The fraction of sp³-hybridized carbons (Fsp3) is 0.636. The predicted octanol–water partition coefficient (Wildman–Crippen LogP) is 4.91. The maximum Gasteiger partial charge on any atom is 0.256 e. The van der Waals surface area contributed by atoms with Gasteiger partial charge in [0.05, 0.1) is 17.9 Å². The minimum atomic E-state index is -0.798. The second-order valence-electron chi connectivity index (χ2n) is 8.02. The second-order valence-corrected chi connectivity index (χ2v) is 8.02. The molecule has 5 nitrogen and oxygen atoms in total. The summed E-state index contributed by atoms with van der Waals surface area (Å²) in [5, 5.41) is 12.5. The van der Waals surface area contributed by atoms with Crippen LogP contribution in [0.1, 0.15) is 65.4 Å². The first kappa shape index (κ1) is 21.2. The Kier molecular flexibility index (Phi) is 7.67. The van der Waals surface area contributed by atoms with E-state index in [-0.39, 0.29) is 5.91 Å². The molecule has 1 aromatic rings. The largest absolute Gasteiger partial charge is 0.493 e. The molecule has 1 N–H and O–H groups in total. The molecule has 5 heteroatoms. The van der Waals surface area contributed by atoms with Crippen molar-refractivity contribution in [2.45, 2.75) is 65.4 Å². The molecule has 0 spiro atoms. The van der Waals surface area contributed by atoms with Crippen molar-refractivity contribution in [1.29, 1.82) is 5.26 Å². The van der Waals surface area contributed by atoms with Crippen molar-refractivity contribution in [2.24, 2.45) is 11.8 Å². The topological polar surface area (TPSA) is 71.3 Å². The molecule has 0 bridgehead atoms. The molecule has 1 aliphatic rings. The number of carbonyl (C=O) groups is 1. The lowest BCUT2D eigenvalue weighted by atomic mass is 9.78. The summed E-state index contributed by atoms with van der Waals surface area (Å²) >= 11 is 0. The number of rotatable bonds is 8. The van der Waals surface area contributed by atoms with Gasteiger partial charge in [-0.25, -0.2) is 0 Å². The first-order valence-electron chi connectivity index (χ1n) is 10.0. The van der Waals surface area contributed by atoms with Gasteiger partial charge in [-0.05, 0) is 55.7 Å². The van der Waals surface area contributed by atoms with Gasteiger partial charge in [-0.1, -0.05) is 34.1 Å². The average Bonchev–Trinajstić information content (AvgIpc) is 2.65. The van der Waals surface area contributed by atoms with Crippen molar-refractivity contribution in [2.75, 3.05) is 18.5 Å².